The molecule has 2 aromatic carbocycles. The van der Waals surface area contributed by atoms with Crippen LogP contribution >= 0.6 is 12.2 Å². The van der Waals surface area contributed by atoms with Crippen LogP contribution in [0.5, 0.6) is 0 Å². The van der Waals surface area contributed by atoms with E-state index in [9.17, 15) is 8.42 Å². The first-order valence-electron chi connectivity index (χ1n) is 5.87. The summed E-state index contributed by atoms with van der Waals surface area (Å²) in [6, 6.07) is 15.2. The number of hydrogen-bond acceptors (Lipinski definition) is 3. The predicted molar refractivity (Wildman–Crippen MR) is 84.4 cm³/mol. The van der Waals surface area contributed by atoms with E-state index >= 15 is 0 Å². The lowest BCUT2D eigenvalue weighted by atomic mass is 10.2. The highest BCUT2D eigenvalue weighted by Gasteiger charge is 2.21. The van der Waals surface area contributed by atoms with Crippen molar-refractivity contribution in [2.24, 2.45) is 5.73 Å². The number of benzene rings is 2. The minimum Gasteiger partial charge on any atom is -0.389 e. The van der Waals surface area contributed by atoms with E-state index in [-0.39, 0.29) is 9.88 Å². The Morgan fingerprint density at radius 3 is 2.35 bits per heavy atom. The number of anilines is 1. The van der Waals surface area contributed by atoms with Crippen molar-refractivity contribution < 1.29 is 8.42 Å². The van der Waals surface area contributed by atoms with Gasteiger partial charge in [0.05, 0.1) is 10.6 Å². The van der Waals surface area contributed by atoms with Gasteiger partial charge in [0, 0.05) is 12.6 Å². The summed E-state index contributed by atoms with van der Waals surface area (Å²) in [7, 11) is -2.12. The second kappa shape index (κ2) is 5.60. The van der Waals surface area contributed by atoms with E-state index in [1.165, 1.54) is 23.5 Å². The zero-order valence-corrected chi connectivity index (χ0v) is 12.5. The van der Waals surface area contributed by atoms with Crippen molar-refractivity contribution in [1.82, 2.24) is 0 Å². The molecule has 0 heterocycles. The van der Waals surface area contributed by atoms with Gasteiger partial charge in [-0.3, -0.25) is 4.31 Å². The third kappa shape index (κ3) is 2.81. The highest BCUT2D eigenvalue weighted by atomic mass is 32.2. The first kappa shape index (κ1) is 14.5. The van der Waals surface area contributed by atoms with Gasteiger partial charge >= 0.3 is 0 Å². The van der Waals surface area contributed by atoms with Gasteiger partial charge in [0.25, 0.3) is 10.0 Å². The normalized spacial score (nSPS) is 11.1. The summed E-state index contributed by atoms with van der Waals surface area (Å²) in [6.45, 7) is 0. The van der Waals surface area contributed by atoms with Gasteiger partial charge < -0.3 is 5.73 Å². The molecule has 2 aromatic rings. The van der Waals surface area contributed by atoms with Crippen molar-refractivity contribution in [1.29, 1.82) is 0 Å². The minimum absolute atomic E-state index is 0.161. The van der Waals surface area contributed by atoms with E-state index in [0.29, 0.717) is 11.3 Å². The molecule has 0 aliphatic heterocycles. The molecule has 0 amide bonds. The third-order valence-corrected chi connectivity index (χ3v) is 4.91. The van der Waals surface area contributed by atoms with E-state index in [2.05, 4.69) is 0 Å². The summed E-state index contributed by atoms with van der Waals surface area (Å²) in [6.07, 6.45) is 0. The topological polar surface area (TPSA) is 63.4 Å². The van der Waals surface area contributed by atoms with Gasteiger partial charge in [-0.25, -0.2) is 8.42 Å². The molecule has 0 atom stereocenters. The van der Waals surface area contributed by atoms with Gasteiger partial charge in [-0.2, -0.15) is 0 Å². The molecule has 0 spiro atoms. The number of para-hydroxylation sites is 1. The van der Waals surface area contributed by atoms with E-state index in [4.69, 9.17) is 18.0 Å². The Kier molecular flexibility index (Phi) is 4.06. The maximum atomic E-state index is 12.5. The Morgan fingerprint density at radius 1 is 1.10 bits per heavy atom. The molecule has 2 N–H and O–H groups in total. The molecule has 0 unspecified atom stereocenters. The molecule has 0 saturated heterocycles. The number of thiocarbonyl (C=S) groups is 1. The summed E-state index contributed by atoms with van der Waals surface area (Å²) in [5.74, 6) is 0. The zero-order valence-electron chi connectivity index (χ0n) is 10.9. The maximum absolute atomic E-state index is 12.5. The molecule has 0 bridgehead atoms. The lowest BCUT2D eigenvalue weighted by molar-refractivity contribution is 0.594. The second-order valence-electron chi connectivity index (χ2n) is 4.20. The fourth-order valence-corrected chi connectivity index (χ4v) is 3.11. The van der Waals surface area contributed by atoms with Crippen LogP contribution in [0.25, 0.3) is 0 Å². The number of rotatable bonds is 4. The van der Waals surface area contributed by atoms with Crippen molar-refractivity contribution in [3.05, 3.63) is 60.2 Å². The van der Waals surface area contributed by atoms with Gasteiger partial charge in [0.15, 0.2) is 0 Å². The standard InChI is InChI=1S/C14H14N2O2S2/c1-16(12-7-3-2-4-8-12)20(17,18)13-9-5-6-11(10-13)14(15)19/h2-10H,1H3,(H2,15,19). The predicted octanol–water partition coefficient (Wildman–Crippen LogP) is 2.15. The van der Waals surface area contributed by atoms with Crippen LogP contribution in [0.1, 0.15) is 5.56 Å². The Morgan fingerprint density at radius 2 is 1.75 bits per heavy atom. The molecular formula is C14H14N2O2S2. The van der Waals surface area contributed by atoms with Crippen LogP contribution in [0.2, 0.25) is 0 Å². The number of hydrogen-bond donors (Lipinski definition) is 1. The van der Waals surface area contributed by atoms with Gasteiger partial charge in [-0.15, -0.1) is 0 Å². The van der Waals surface area contributed by atoms with Gasteiger partial charge in [-0.05, 0) is 24.3 Å². The fraction of sp³-hybridized carbons (Fsp3) is 0.0714. The molecule has 0 aliphatic carbocycles. The average Bonchev–Trinajstić information content (AvgIpc) is 2.47. The van der Waals surface area contributed by atoms with E-state index in [1.807, 2.05) is 6.07 Å². The van der Waals surface area contributed by atoms with Gasteiger partial charge in [0.1, 0.15) is 4.99 Å². The van der Waals surface area contributed by atoms with Crippen molar-refractivity contribution in [3.63, 3.8) is 0 Å². The number of nitrogens with zero attached hydrogens (tertiary/aromatic N) is 1. The van der Waals surface area contributed by atoms with Crippen LogP contribution in [0.3, 0.4) is 0 Å². The van der Waals surface area contributed by atoms with Crippen LogP contribution in [-0.2, 0) is 10.0 Å². The molecule has 20 heavy (non-hydrogen) atoms. The second-order valence-corrected chi connectivity index (χ2v) is 6.61. The van der Waals surface area contributed by atoms with E-state index in [1.54, 1.807) is 36.4 Å². The first-order chi connectivity index (χ1) is 9.43. The smallest absolute Gasteiger partial charge is 0.264 e. The van der Waals surface area contributed by atoms with Crippen LogP contribution in [0.4, 0.5) is 5.69 Å². The van der Waals surface area contributed by atoms with E-state index in [0.717, 1.165) is 0 Å². The molecule has 0 aliphatic rings. The summed E-state index contributed by atoms with van der Waals surface area (Å²) in [5.41, 5.74) is 6.66. The molecule has 6 heteroatoms. The van der Waals surface area contributed by atoms with Crippen molar-refractivity contribution in [2.45, 2.75) is 4.90 Å². The van der Waals surface area contributed by atoms with Crippen molar-refractivity contribution >= 4 is 32.9 Å². The van der Waals surface area contributed by atoms with Crippen molar-refractivity contribution in [2.75, 3.05) is 11.4 Å². The van der Waals surface area contributed by atoms with Crippen molar-refractivity contribution in [3.8, 4) is 0 Å². The summed E-state index contributed by atoms with van der Waals surface area (Å²) in [4.78, 5) is 0.332. The highest BCUT2D eigenvalue weighted by Crippen LogP contribution is 2.22. The first-order valence-corrected chi connectivity index (χ1v) is 7.71. The molecular weight excluding hydrogens is 292 g/mol. The summed E-state index contributed by atoms with van der Waals surface area (Å²) in [5, 5.41) is 0. The molecule has 0 saturated carbocycles. The summed E-state index contributed by atoms with van der Waals surface area (Å²) < 4.78 is 26.3. The van der Waals surface area contributed by atoms with Crippen LogP contribution < -0.4 is 10.0 Å². The minimum atomic E-state index is -3.63. The third-order valence-electron chi connectivity index (χ3n) is 2.90. The quantitative estimate of drug-likeness (QED) is 0.879. The Balaban J connectivity index is 2.45. The lowest BCUT2D eigenvalue weighted by Crippen LogP contribution is -2.26. The zero-order chi connectivity index (χ0) is 14.8. The molecule has 0 fully saturated rings. The fourth-order valence-electron chi connectivity index (χ4n) is 1.74. The number of sulfonamides is 1. The molecule has 4 nitrogen and oxygen atoms in total. The van der Waals surface area contributed by atoms with Gasteiger partial charge in [-0.1, -0.05) is 42.5 Å². The average molecular weight is 306 g/mol. The Bertz CT molecular complexity index is 728. The largest absolute Gasteiger partial charge is 0.389 e. The van der Waals surface area contributed by atoms with Crippen LogP contribution in [0, 0.1) is 0 Å². The van der Waals surface area contributed by atoms with Gasteiger partial charge in [0.2, 0.25) is 0 Å². The van der Waals surface area contributed by atoms with E-state index < -0.39 is 10.0 Å². The van der Waals surface area contributed by atoms with Crippen LogP contribution in [0.15, 0.2) is 59.5 Å². The molecule has 104 valence electrons. The molecule has 0 aromatic heterocycles. The highest BCUT2D eigenvalue weighted by molar-refractivity contribution is 7.92. The molecule has 0 radical (unpaired) electrons. The SMILES string of the molecule is CN(c1ccccc1)S(=O)(=O)c1cccc(C(N)=S)c1. The molecule has 2 rings (SSSR count). The summed E-state index contributed by atoms with van der Waals surface area (Å²) >= 11 is 4.87. The number of nitrogens with two attached hydrogens (primary N) is 1. The lowest BCUT2D eigenvalue weighted by Gasteiger charge is -2.19. The Labute approximate surface area is 123 Å². The monoisotopic (exact) mass is 306 g/mol. The maximum Gasteiger partial charge on any atom is 0.264 e. The van der Waals surface area contributed by atoms with Crippen LogP contribution in [-0.4, -0.2) is 20.5 Å². The Hall–Kier alpha value is -1.92.